The molecule has 9 bridgehead atoms. The highest BCUT2D eigenvalue weighted by Gasteiger charge is 2.28. The zero-order chi connectivity index (χ0) is 30.0. The summed E-state index contributed by atoms with van der Waals surface area (Å²) in [7, 11) is 0. The van der Waals surface area contributed by atoms with Crippen molar-refractivity contribution in [2.75, 3.05) is 28.8 Å². The van der Waals surface area contributed by atoms with Gasteiger partial charge in [0, 0.05) is 43.7 Å². The normalized spacial score (nSPS) is 17.8. The van der Waals surface area contributed by atoms with Crippen molar-refractivity contribution in [1.29, 1.82) is 0 Å². The Hall–Kier alpha value is -4.69. The number of hydrogen-bond acceptors (Lipinski definition) is 6. The Kier molecular flexibility index (Phi) is 7.75. The highest BCUT2D eigenvalue weighted by molar-refractivity contribution is 5.94. The molecule has 6 aliphatic rings. The van der Waals surface area contributed by atoms with Gasteiger partial charge >= 0.3 is 0 Å². The number of aromatic nitrogens is 1. The summed E-state index contributed by atoms with van der Waals surface area (Å²) in [5.74, 6) is -0.173. The van der Waals surface area contributed by atoms with Gasteiger partial charge in [0.2, 0.25) is 5.91 Å². The Bertz CT molecular complexity index is 1690. The average molecular weight is 587 g/mol. The van der Waals surface area contributed by atoms with Crippen molar-refractivity contribution in [1.82, 2.24) is 15.4 Å². The van der Waals surface area contributed by atoms with Crippen LogP contribution in [0.4, 0.5) is 17.1 Å². The molecule has 0 spiro atoms. The monoisotopic (exact) mass is 586 g/mol. The maximum absolute atomic E-state index is 13.6. The van der Waals surface area contributed by atoms with Crippen molar-refractivity contribution in [3.05, 3.63) is 118 Å². The molecule has 0 saturated heterocycles. The van der Waals surface area contributed by atoms with Gasteiger partial charge in [-0.05, 0) is 96.3 Å². The number of anilines is 3. The Morgan fingerprint density at radius 1 is 0.977 bits per heavy atom. The molecule has 1 atom stereocenters. The molecule has 0 radical (unpaired) electrons. The van der Waals surface area contributed by atoms with Gasteiger partial charge in [-0.15, -0.1) is 5.53 Å². The molecule has 224 valence electrons. The third kappa shape index (κ3) is 5.65. The summed E-state index contributed by atoms with van der Waals surface area (Å²) in [6.07, 6.45) is 8.74. The molecule has 0 fully saturated rings. The number of nitrogens with zero attached hydrogens (tertiary/aromatic N) is 3. The molecule has 1 unspecified atom stereocenters. The number of hydrogen-bond donors (Lipinski definition) is 3. The molecule has 7 heterocycles. The van der Waals surface area contributed by atoms with Crippen LogP contribution in [0.2, 0.25) is 0 Å². The smallest absolute Gasteiger partial charge is 0.254 e. The summed E-state index contributed by atoms with van der Waals surface area (Å²) < 4.78 is 0. The Morgan fingerprint density at radius 2 is 1.86 bits per heavy atom. The first-order valence-electron chi connectivity index (χ1n) is 15.7. The second-order valence-electron chi connectivity index (χ2n) is 12.1. The summed E-state index contributed by atoms with van der Waals surface area (Å²) in [6.45, 7) is 4.28. The third-order valence-electron chi connectivity index (χ3n) is 9.28. The highest BCUT2D eigenvalue weighted by atomic mass is 16.2. The standard InChI is InChI=1S/C36H38N6O2/c1-24-31-14-15-33-35(24)39-40-42(33)18-4-2-3-6-25-8-10-27(11-9-25)36(44)41-19-16-26-12-13-28(20-29(26)23-41)32(31)21-34(43)38-30-7-5-17-37-22-30/h5,7-15,17,20,22,32,39-40H,2-4,6,16,18-19,21,23H2,1H3,(H,38,43). The van der Waals surface area contributed by atoms with E-state index in [1.54, 1.807) is 12.4 Å². The summed E-state index contributed by atoms with van der Waals surface area (Å²) >= 11 is 0. The zero-order valence-electron chi connectivity index (χ0n) is 25.1. The highest BCUT2D eigenvalue weighted by Crippen LogP contribution is 2.40. The second kappa shape index (κ2) is 12.1. The van der Waals surface area contributed by atoms with E-state index in [-0.39, 0.29) is 24.2 Å². The number of amides is 2. The average Bonchev–Trinajstić information content (AvgIpc) is 3.47. The first-order valence-corrected chi connectivity index (χ1v) is 15.7. The molecule has 6 aliphatic heterocycles. The van der Waals surface area contributed by atoms with Crippen LogP contribution in [0.15, 0.2) is 79.1 Å². The van der Waals surface area contributed by atoms with E-state index in [1.165, 1.54) is 11.1 Å². The third-order valence-corrected chi connectivity index (χ3v) is 9.28. The van der Waals surface area contributed by atoms with Gasteiger partial charge in [-0.2, -0.15) is 0 Å². The minimum Gasteiger partial charge on any atom is -0.334 e. The Labute approximate surface area is 258 Å². The van der Waals surface area contributed by atoms with Gasteiger partial charge in [0.1, 0.15) is 0 Å². The molecule has 0 aliphatic carbocycles. The van der Waals surface area contributed by atoms with Gasteiger partial charge in [0.05, 0.1) is 23.3 Å². The fraction of sp³-hybridized carbons (Fsp3) is 0.306. The van der Waals surface area contributed by atoms with Gasteiger partial charge in [-0.1, -0.05) is 42.8 Å². The Morgan fingerprint density at radius 3 is 2.70 bits per heavy atom. The van der Waals surface area contributed by atoms with Crippen LogP contribution in [0, 0.1) is 6.92 Å². The number of benzene rings is 3. The molecule has 4 aromatic rings. The summed E-state index contributed by atoms with van der Waals surface area (Å²) in [4.78, 5) is 33.1. The van der Waals surface area contributed by atoms with Gasteiger partial charge in [-0.25, -0.2) is 0 Å². The zero-order valence-corrected chi connectivity index (χ0v) is 25.1. The maximum atomic E-state index is 13.6. The second-order valence-corrected chi connectivity index (χ2v) is 12.1. The summed E-state index contributed by atoms with van der Waals surface area (Å²) in [6, 6.07) is 22.8. The van der Waals surface area contributed by atoms with Crippen LogP contribution in [-0.2, 0) is 24.2 Å². The molecule has 44 heavy (non-hydrogen) atoms. The van der Waals surface area contributed by atoms with E-state index in [2.05, 4.69) is 75.7 Å². The van der Waals surface area contributed by atoms with Crippen LogP contribution in [-0.4, -0.2) is 34.8 Å². The molecular weight excluding hydrogens is 548 g/mol. The van der Waals surface area contributed by atoms with Gasteiger partial charge in [0.15, 0.2) is 0 Å². The van der Waals surface area contributed by atoms with Crippen LogP contribution in [0.3, 0.4) is 0 Å². The van der Waals surface area contributed by atoms with Crippen LogP contribution in [0.25, 0.3) is 0 Å². The first-order chi connectivity index (χ1) is 21.5. The predicted molar refractivity (Wildman–Crippen MR) is 173 cm³/mol. The number of nitrogens with one attached hydrogen (secondary N) is 3. The number of hydrazine groups is 2. The quantitative estimate of drug-likeness (QED) is 0.268. The van der Waals surface area contributed by atoms with E-state index < -0.39 is 0 Å². The van der Waals surface area contributed by atoms with Crippen molar-refractivity contribution in [3.63, 3.8) is 0 Å². The predicted octanol–water partition coefficient (Wildman–Crippen LogP) is 6.13. The van der Waals surface area contributed by atoms with E-state index in [1.807, 2.05) is 29.2 Å². The van der Waals surface area contributed by atoms with E-state index >= 15 is 0 Å². The molecule has 2 amide bonds. The SMILES string of the molecule is Cc1c2ccc3c1NNN3CCCCCc1ccc(cc1)C(=O)N1CCc3ccc(cc3C1)C2CC(=O)Nc1cccnc1. The molecule has 0 saturated carbocycles. The molecule has 1 aromatic heterocycles. The maximum Gasteiger partial charge on any atom is 0.254 e. The Balaban J connectivity index is 1.27. The minimum atomic E-state index is -0.175. The fourth-order valence-corrected chi connectivity index (χ4v) is 6.81. The van der Waals surface area contributed by atoms with Crippen molar-refractivity contribution in [3.8, 4) is 0 Å². The lowest BCUT2D eigenvalue weighted by atomic mass is 9.83. The van der Waals surface area contributed by atoms with Crippen molar-refractivity contribution >= 4 is 28.9 Å². The molecule has 8 nitrogen and oxygen atoms in total. The topological polar surface area (TPSA) is 89.6 Å². The van der Waals surface area contributed by atoms with Gasteiger partial charge in [-0.3, -0.25) is 19.6 Å². The van der Waals surface area contributed by atoms with E-state index in [4.69, 9.17) is 0 Å². The molecule has 3 aromatic carbocycles. The largest absolute Gasteiger partial charge is 0.334 e. The fourth-order valence-electron chi connectivity index (χ4n) is 6.81. The van der Waals surface area contributed by atoms with E-state index in [0.29, 0.717) is 18.8 Å². The molecule has 3 N–H and O–H groups in total. The van der Waals surface area contributed by atoms with Gasteiger partial charge in [0.25, 0.3) is 5.91 Å². The van der Waals surface area contributed by atoms with Crippen LogP contribution in [0.5, 0.6) is 0 Å². The van der Waals surface area contributed by atoms with Crippen molar-refractivity contribution in [2.45, 2.75) is 57.9 Å². The van der Waals surface area contributed by atoms with E-state index in [9.17, 15) is 9.59 Å². The molecule has 10 rings (SSSR count). The number of carbonyl (C=O) groups is 2. The van der Waals surface area contributed by atoms with Crippen LogP contribution >= 0.6 is 0 Å². The molecule has 8 heteroatoms. The summed E-state index contributed by atoms with van der Waals surface area (Å²) in [5.41, 5.74) is 17.4. The minimum absolute atomic E-state index is 0.0703. The summed E-state index contributed by atoms with van der Waals surface area (Å²) in [5, 5.41) is 5.22. The van der Waals surface area contributed by atoms with Crippen LogP contribution < -0.4 is 21.3 Å². The van der Waals surface area contributed by atoms with Crippen molar-refractivity contribution in [2.24, 2.45) is 0 Å². The van der Waals surface area contributed by atoms with E-state index in [0.717, 1.165) is 77.8 Å². The number of carbonyl (C=O) groups excluding carboxylic acids is 2. The van der Waals surface area contributed by atoms with Gasteiger partial charge < -0.3 is 15.6 Å². The molecular formula is C36H38N6O2. The lowest BCUT2D eigenvalue weighted by Crippen LogP contribution is -2.36. The lowest BCUT2D eigenvalue weighted by molar-refractivity contribution is -0.116. The number of pyridine rings is 1. The van der Waals surface area contributed by atoms with Crippen molar-refractivity contribution < 1.29 is 9.59 Å². The number of rotatable bonds is 3. The van der Waals surface area contributed by atoms with Crippen LogP contribution in [0.1, 0.15) is 75.3 Å². The lowest BCUT2D eigenvalue weighted by Gasteiger charge is -2.30. The number of aryl methyl sites for hydroxylation is 1. The first kappa shape index (κ1) is 28.1.